The number of nitrogens with two attached hydrogens (primary N) is 1. The van der Waals surface area contributed by atoms with Gasteiger partial charge in [-0.25, -0.2) is 19.6 Å². The van der Waals surface area contributed by atoms with Crippen molar-refractivity contribution < 1.29 is 43.2 Å². The highest BCUT2D eigenvalue weighted by Crippen LogP contribution is 2.26. The van der Waals surface area contributed by atoms with E-state index in [9.17, 15) is 19.2 Å². The number of pyridine rings is 2. The highest BCUT2D eigenvalue weighted by atomic mass is 35.5. The number of carbonyl (C=O) groups excluding carboxylic acids is 3. The molecule has 19 heteroatoms. The monoisotopic (exact) mass is 870 g/mol. The van der Waals surface area contributed by atoms with Crippen LogP contribution in [0.4, 0.5) is 32.6 Å². The molecule has 0 aliphatic carbocycles. The number of hydrogen-bond acceptors (Lipinski definition) is 13. The van der Waals surface area contributed by atoms with Gasteiger partial charge in [0.2, 0.25) is 5.91 Å². The van der Waals surface area contributed by atoms with Crippen LogP contribution in [-0.4, -0.2) is 127 Å². The molecule has 2 aromatic heterocycles. The van der Waals surface area contributed by atoms with E-state index in [1.165, 1.54) is 4.90 Å². The average molecular weight is 872 g/mol. The van der Waals surface area contributed by atoms with Gasteiger partial charge in [0.05, 0.1) is 23.2 Å². The Morgan fingerprint density at radius 3 is 1.71 bits per heavy atom. The number of ether oxygens (including phenoxy) is 4. The molecule has 0 saturated carbocycles. The second-order valence-electron chi connectivity index (χ2n) is 16.0. The molecule has 0 radical (unpaired) electrons. The van der Waals surface area contributed by atoms with Gasteiger partial charge in [-0.1, -0.05) is 23.2 Å². The minimum Gasteiger partial charge on any atom is -0.481 e. The molecule has 2 atom stereocenters. The van der Waals surface area contributed by atoms with Crippen molar-refractivity contribution in [2.45, 2.75) is 91.3 Å². The number of anilines is 4. The molecule has 3 amide bonds. The predicted molar refractivity (Wildman–Crippen MR) is 230 cm³/mol. The van der Waals surface area contributed by atoms with Crippen molar-refractivity contribution in [3.05, 3.63) is 34.6 Å². The van der Waals surface area contributed by atoms with Crippen molar-refractivity contribution in [2.24, 2.45) is 11.8 Å². The molecule has 59 heavy (non-hydrogen) atoms. The summed E-state index contributed by atoms with van der Waals surface area (Å²) in [5, 5.41) is 18.9. The van der Waals surface area contributed by atoms with Crippen molar-refractivity contribution >= 4 is 70.3 Å². The summed E-state index contributed by atoms with van der Waals surface area (Å²) in [6.07, 6.45) is 3.71. The smallest absolute Gasteiger partial charge is 0.410 e. The summed E-state index contributed by atoms with van der Waals surface area (Å²) >= 11 is 11.7. The fraction of sp³-hybridized carbons (Fsp3) is 0.650. The molecule has 2 fully saturated rings. The van der Waals surface area contributed by atoms with Gasteiger partial charge in [-0.3, -0.25) is 9.59 Å². The van der Waals surface area contributed by atoms with Crippen molar-refractivity contribution in [3.8, 4) is 0 Å². The van der Waals surface area contributed by atoms with E-state index in [4.69, 9.17) is 53.0 Å². The molecule has 0 unspecified atom stereocenters. The maximum absolute atomic E-state index is 12.8. The van der Waals surface area contributed by atoms with Crippen molar-refractivity contribution in [2.75, 3.05) is 88.4 Å². The van der Waals surface area contributed by atoms with E-state index in [-0.39, 0.29) is 24.5 Å². The lowest BCUT2D eigenvalue weighted by Gasteiger charge is -2.33. The van der Waals surface area contributed by atoms with Crippen LogP contribution in [0.15, 0.2) is 24.3 Å². The van der Waals surface area contributed by atoms with Gasteiger partial charge < -0.3 is 55.5 Å². The van der Waals surface area contributed by atoms with Crippen LogP contribution in [0.1, 0.15) is 80.1 Å². The molecule has 4 heterocycles. The number of aliphatic carboxylic acids is 1. The summed E-state index contributed by atoms with van der Waals surface area (Å²) in [5.74, 6) is -0.611. The van der Waals surface area contributed by atoms with Crippen LogP contribution in [0.3, 0.4) is 0 Å². The summed E-state index contributed by atoms with van der Waals surface area (Å²) < 4.78 is 20.6. The van der Waals surface area contributed by atoms with Gasteiger partial charge in [0.15, 0.2) is 11.6 Å². The van der Waals surface area contributed by atoms with Crippen LogP contribution < -0.4 is 21.7 Å². The average Bonchev–Trinajstić information content (AvgIpc) is 3.16. The van der Waals surface area contributed by atoms with Gasteiger partial charge in [-0.15, -0.1) is 0 Å². The van der Waals surface area contributed by atoms with E-state index in [2.05, 4.69) is 25.9 Å². The third kappa shape index (κ3) is 20.5. The number of nitrogen functional groups attached to an aromatic ring is 1. The fourth-order valence-electron chi connectivity index (χ4n) is 5.69. The summed E-state index contributed by atoms with van der Waals surface area (Å²) in [4.78, 5) is 59.1. The predicted octanol–water partition coefficient (Wildman–Crippen LogP) is 7.25. The molecule has 17 nitrogen and oxygen atoms in total. The number of piperidine rings is 2. The molecule has 2 aliphatic rings. The van der Waals surface area contributed by atoms with Gasteiger partial charge in [-0.05, 0) is 104 Å². The van der Waals surface area contributed by atoms with E-state index >= 15 is 0 Å². The number of rotatable bonds is 13. The highest BCUT2D eigenvalue weighted by Gasteiger charge is 2.32. The zero-order valence-electron chi connectivity index (χ0n) is 35.7. The molecular formula is C40H64Cl2N8O9. The number of carbonyl (C=O) groups is 4. The Hall–Kier alpha value is -4.32. The number of hydrogen-bond donors (Lipinski definition) is 5. The van der Waals surface area contributed by atoms with Crippen LogP contribution in [0, 0.1) is 11.8 Å². The second-order valence-corrected chi connectivity index (χ2v) is 16.8. The van der Waals surface area contributed by atoms with Crippen molar-refractivity contribution in [1.29, 1.82) is 0 Å². The molecular weight excluding hydrogens is 807 g/mol. The molecule has 2 aliphatic heterocycles. The number of aromatic nitrogens is 2. The number of methoxy groups -OCH3 is 2. The minimum absolute atomic E-state index is 0.151. The number of carboxylic acid groups (broad SMARTS) is 1. The largest absolute Gasteiger partial charge is 0.481 e. The summed E-state index contributed by atoms with van der Waals surface area (Å²) in [6.45, 7) is 15.4. The third-order valence-electron chi connectivity index (χ3n) is 8.51. The van der Waals surface area contributed by atoms with Crippen LogP contribution in [0.5, 0.6) is 0 Å². The van der Waals surface area contributed by atoms with E-state index in [0.717, 1.165) is 32.2 Å². The lowest BCUT2D eigenvalue weighted by Crippen LogP contribution is -2.45. The quantitative estimate of drug-likeness (QED) is 0.0989. The maximum Gasteiger partial charge on any atom is 0.410 e. The van der Waals surface area contributed by atoms with Crippen LogP contribution >= 0.6 is 23.2 Å². The lowest BCUT2D eigenvalue weighted by atomic mass is 9.97. The second kappa shape index (κ2) is 25.3. The van der Waals surface area contributed by atoms with Gasteiger partial charge in [0.1, 0.15) is 21.5 Å². The standard InChI is InChI=1S/C20H31ClN4O4.C11H19NO4.C9H14ClN3O/c1-20(2,3)29-19(27)25-11-5-7-14(13-25)18(26)23-15-8-9-16(21)24-17(15)22-10-6-12-28-4;1-11(2,3)16-10(15)12-6-4-5-8(7-12)9(13)14;1-14-6-2-5-12-9-7(11)3-4-8(10)13-9/h8-9,14H,5-7,10-13H2,1-4H3,(H,22,24)(H,23,26);8H,4-7H2,1-3H3,(H,13,14);3-4H,2,5-6,11H2,1H3,(H,12,13)/t14-;8-;/m11./s1. The van der Waals surface area contributed by atoms with E-state index in [1.807, 2.05) is 20.8 Å². The first-order chi connectivity index (χ1) is 27.7. The van der Waals surface area contributed by atoms with Gasteiger partial charge in [0, 0.05) is 66.7 Å². The Labute approximate surface area is 358 Å². The van der Waals surface area contributed by atoms with Gasteiger partial charge in [-0.2, -0.15) is 0 Å². The molecule has 0 bridgehead atoms. The zero-order valence-corrected chi connectivity index (χ0v) is 37.2. The number of likely N-dealkylation sites (tertiary alicyclic amines) is 2. The lowest BCUT2D eigenvalue weighted by molar-refractivity contribution is -0.143. The number of nitrogens with zero attached hydrogens (tertiary/aromatic N) is 4. The van der Waals surface area contributed by atoms with Crippen molar-refractivity contribution in [1.82, 2.24) is 19.8 Å². The van der Waals surface area contributed by atoms with E-state index in [0.29, 0.717) is 85.6 Å². The van der Waals surface area contributed by atoms with Crippen LogP contribution in [0.2, 0.25) is 10.3 Å². The number of carboxylic acids is 1. The Morgan fingerprint density at radius 1 is 0.763 bits per heavy atom. The molecule has 0 aromatic carbocycles. The number of nitrogens with one attached hydrogen (secondary N) is 3. The topological polar surface area (TPSA) is 220 Å². The van der Waals surface area contributed by atoms with Gasteiger partial charge in [0.25, 0.3) is 0 Å². The molecule has 0 spiro atoms. The Bertz CT molecular complexity index is 1640. The zero-order chi connectivity index (χ0) is 44.2. The number of halogens is 2. The highest BCUT2D eigenvalue weighted by molar-refractivity contribution is 6.30. The first-order valence-electron chi connectivity index (χ1n) is 19.8. The first-order valence-corrected chi connectivity index (χ1v) is 20.5. The molecule has 6 N–H and O–H groups in total. The van der Waals surface area contributed by atoms with E-state index in [1.54, 1.807) is 64.2 Å². The van der Waals surface area contributed by atoms with Gasteiger partial charge >= 0.3 is 18.2 Å². The maximum atomic E-state index is 12.8. The summed E-state index contributed by atoms with van der Waals surface area (Å²) in [5.41, 5.74) is 5.75. The first kappa shape index (κ1) is 50.8. The van der Waals surface area contributed by atoms with E-state index < -0.39 is 29.2 Å². The van der Waals surface area contributed by atoms with Crippen molar-refractivity contribution in [3.63, 3.8) is 0 Å². The fourth-order valence-corrected chi connectivity index (χ4v) is 5.99. The SMILES string of the molecule is CC(C)(C)OC(=O)N1CCC[C@@H](C(=O)O)C1.COCCCNc1nc(Cl)ccc1N.COCCCNc1nc(Cl)ccc1NC(=O)[C@@H]1CCCN(C(=O)OC(C)(C)C)C1. The van der Waals surface area contributed by atoms with Crippen LogP contribution in [0.25, 0.3) is 0 Å². The minimum atomic E-state index is -0.840. The van der Waals surface area contributed by atoms with Crippen LogP contribution in [-0.2, 0) is 28.5 Å². The Kier molecular flexibility index (Phi) is 21.8. The Balaban J connectivity index is 0.000000337. The third-order valence-corrected chi connectivity index (χ3v) is 8.93. The molecule has 332 valence electrons. The summed E-state index contributed by atoms with van der Waals surface area (Å²) in [6, 6.07) is 6.75. The molecule has 2 aromatic rings. The number of amides is 3. The summed E-state index contributed by atoms with van der Waals surface area (Å²) in [7, 11) is 3.32. The Morgan fingerprint density at radius 2 is 1.22 bits per heavy atom. The molecule has 4 rings (SSSR count). The molecule has 2 saturated heterocycles. The normalized spacial score (nSPS) is 16.6.